The fraction of sp³-hybridized carbons (Fsp3) is 0.400. The van der Waals surface area contributed by atoms with Gasteiger partial charge in [0.2, 0.25) is 0 Å². The van der Waals surface area contributed by atoms with Crippen LogP contribution in [0.1, 0.15) is 10.8 Å². The first-order valence-electron chi connectivity index (χ1n) is 5.29. The second kappa shape index (κ2) is 5.96. The second-order valence-electron chi connectivity index (χ2n) is 3.54. The predicted molar refractivity (Wildman–Crippen MR) is 68.9 cm³/mol. The summed E-state index contributed by atoms with van der Waals surface area (Å²) in [6.07, 6.45) is 2.58. The summed E-state index contributed by atoms with van der Waals surface area (Å²) in [6.45, 7) is 2.58. The molecule has 0 radical (unpaired) electrons. The van der Waals surface area contributed by atoms with Crippen LogP contribution in [-0.2, 0) is 17.8 Å². The fourth-order valence-electron chi connectivity index (χ4n) is 1.44. The Labute approximate surface area is 112 Å². The van der Waals surface area contributed by atoms with Crippen LogP contribution in [0.5, 0.6) is 0 Å². The van der Waals surface area contributed by atoms with Gasteiger partial charge >= 0.3 is 5.97 Å². The smallest absolute Gasteiger partial charge is 0.313 e. The third-order valence-corrected chi connectivity index (χ3v) is 4.05. The van der Waals surface area contributed by atoms with Gasteiger partial charge in [0.25, 0.3) is 0 Å². The first kappa shape index (κ1) is 13.0. The van der Waals surface area contributed by atoms with Crippen molar-refractivity contribution in [3.8, 4) is 0 Å². The van der Waals surface area contributed by atoms with Crippen LogP contribution in [0.15, 0.2) is 16.7 Å². The van der Waals surface area contributed by atoms with Crippen LogP contribution >= 0.6 is 23.1 Å². The minimum Gasteiger partial charge on any atom is -0.481 e. The number of rotatable bonds is 6. The van der Waals surface area contributed by atoms with E-state index in [1.165, 1.54) is 11.8 Å². The Kier molecular flexibility index (Phi) is 4.32. The van der Waals surface area contributed by atoms with Gasteiger partial charge in [-0.05, 0) is 6.92 Å². The number of hydrogen-bond donors (Lipinski definition) is 1. The number of carbonyl (C=O) groups is 1. The second-order valence-corrected chi connectivity index (χ2v) is 5.46. The highest BCUT2D eigenvalue weighted by atomic mass is 32.2. The van der Waals surface area contributed by atoms with Crippen molar-refractivity contribution in [2.24, 2.45) is 0 Å². The standard InChI is InChI=1S/C10H12N4O2S2/c1-7-12-13-10(18-6-9(15)16)14(7)4-2-8-11-3-5-17-8/h3,5H,2,4,6H2,1H3,(H,15,16). The molecular weight excluding hydrogens is 272 g/mol. The topological polar surface area (TPSA) is 80.9 Å². The van der Waals surface area contributed by atoms with Crippen LogP contribution in [0.2, 0.25) is 0 Å². The Bertz CT molecular complexity index is 524. The van der Waals surface area contributed by atoms with Gasteiger partial charge in [0.1, 0.15) is 5.82 Å². The van der Waals surface area contributed by atoms with Gasteiger partial charge in [-0.25, -0.2) is 4.98 Å². The number of thiazole rings is 1. The van der Waals surface area contributed by atoms with Gasteiger partial charge in [-0.3, -0.25) is 4.79 Å². The van der Waals surface area contributed by atoms with Gasteiger partial charge in [-0.2, -0.15) is 0 Å². The summed E-state index contributed by atoms with van der Waals surface area (Å²) in [7, 11) is 0. The molecule has 0 aliphatic heterocycles. The number of hydrogen-bond acceptors (Lipinski definition) is 6. The van der Waals surface area contributed by atoms with Crippen molar-refractivity contribution in [1.82, 2.24) is 19.7 Å². The largest absolute Gasteiger partial charge is 0.481 e. The van der Waals surface area contributed by atoms with Crippen molar-refractivity contribution in [3.05, 3.63) is 22.4 Å². The number of carboxylic acids is 1. The summed E-state index contributed by atoms with van der Waals surface area (Å²) < 4.78 is 1.93. The molecule has 0 bridgehead atoms. The van der Waals surface area contributed by atoms with Crippen molar-refractivity contribution < 1.29 is 9.90 Å². The van der Waals surface area contributed by atoms with Crippen LogP contribution in [0.4, 0.5) is 0 Å². The molecule has 0 fully saturated rings. The molecule has 2 heterocycles. The Morgan fingerprint density at radius 1 is 1.56 bits per heavy atom. The molecule has 2 aromatic heterocycles. The SMILES string of the molecule is Cc1nnc(SCC(=O)O)n1CCc1nccs1. The summed E-state index contributed by atoms with van der Waals surface area (Å²) in [5.41, 5.74) is 0. The average Bonchev–Trinajstić information content (AvgIpc) is 2.94. The van der Waals surface area contributed by atoms with Crippen molar-refractivity contribution in [2.75, 3.05) is 5.75 Å². The number of carboxylic acid groups (broad SMARTS) is 1. The molecule has 0 atom stereocenters. The van der Waals surface area contributed by atoms with E-state index in [1.807, 2.05) is 16.9 Å². The number of aliphatic carboxylic acids is 1. The molecule has 0 saturated carbocycles. The van der Waals surface area contributed by atoms with Crippen LogP contribution in [0, 0.1) is 6.92 Å². The van der Waals surface area contributed by atoms with Gasteiger partial charge in [-0.1, -0.05) is 11.8 Å². The molecule has 0 aromatic carbocycles. The minimum absolute atomic E-state index is 0.00458. The first-order chi connectivity index (χ1) is 8.66. The molecule has 8 heteroatoms. The summed E-state index contributed by atoms with van der Waals surface area (Å²) in [5, 5.41) is 20.3. The lowest BCUT2D eigenvalue weighted by Crippen LogP contribution is -2.06. The molecule has 0 aliphatic carbocycles. The third-order valence-electron chi connectivity index (χ3n) is 2.26. The van der Waals surface area contributed by atoms with E-state index in [2.05, 4.69) is 15.2 Å². The van der Waals surface area contributed by atoms with Gasteiger partial charge in [0.15, 0.2) is 5.16 Å². The molecule has 1 N–H and O–H groups in total. The molecule has 2 rings (SSSR count). The third kappa shape index (κ3) is 3.30. The van der Waals surface area contributed by atoms with Crippen LogP contribution in [-0.4, -0.2) is 36.6 Å². The zero-order chi connectivity index (χ0) is 13.0. The predicted octanol–water partition coefficient (Wildman–Crippen LogP) is 1.46. The minimum atomic E-state index is -0.855. The Morgan fingerprint density at radius 3 is 3.06 bits per heavy atom. The highest BCUT2D eigenvalue weighted by Crippen LogP contribution is 2.17. The van der Waals surface area contributed by atoms with Gasteiger partial charge in [0.05, 0.1) is 10.8 Å². The lowest BCUT2D eigenvalue weighted by Gasteiger charge is -2.05. The molecule has 0 unspecified atom stereocenters. The quantitative estimate of drug-likeness (QED) is 0.809. The fourth-order valence-corrected chi connectivity index (χ4v) is 2.78. The summed E-state index contributed by atoms with van der Waals surface area (Å²) in [6, 6.07) is 0. The Hall–Kier alpha value is -1.41. The molecule has 96 valence electrons. The number of aryl methyl sites for hydroxylation is 2. The average molecular weight is 284 g/mol. The normalized spacial score (nSPS) is 10.7. The zero-order valence-electron chi connectivity index (χ0n) is 9.74. The van der Waals surface area contributed by atoms with Gasteiger partial charge in [0, 0.05) is 24.5 Å². The molecular formula is C10H12N4O2S2. The van der Waals surface area contributed by atoms with E-state index in [1.54, 1.807) is 17.5 Å². The Morgan fingerprint density at radius 2 is 2.39 bits per heavy atom. The van der Waals surface area contributed by atoms with E-state index in [0.717, 1.165) is 17.3 Å². The lowest BCUT2D eigenvalue weighted by molar-refractivity contribution is -0.133. The maximum Gasteiger partial charge on any atom is 0.313 e. The van der Waals surface area contributed by atoms with E-state index in [9.17, 15) is 4.79 Å². The summed E-state index contributed by atoms with van der Waals surface area (Å²) in [5.74, 6) is -0.0679. The number of nitrogens with zero attached hydrogens (tertiary/aromatic N) is 4. The van der Waals surface area contributed by atoms with Crippen molar-refractivity contribution in [3.63, 3.8) is 0 Å². The maximum absolute atomic E-state index is 10.5. The molecule has 6 nitrogen and oxygen atoms in total. The molecule has 0 aliphatic rings. The van der Waals surface area contributed by atoms with E-state index in [0.29, 0.717) is 11.7 Å². The van der Waals surface area contributed by atoms with Crippen molar-refractivity contribution in [1.29, 1.82) is 0 Å². The lowest BCUT2D eigenvalue weighted by atomic mass is 10.4. The highest BCUT2D eigenvalue weighted by Gasteiger charge is 2.11. The number of thioether (sulfide) groups is 1. The zero-order valence-corrected chi connectivity index (χ0v) is 11.4. The first-order valence-corrected chi connectivity index (χ1v) is 7.16. The molecule has 2 aromatic rings. The van der Waals surface area contributed by atoms with Gasteiger partial charge < -0.3 is 9.67 Å². The molecule has 0 saturated heterocycles. The summed E-state index contributed by atoms with van der Waals surface area (Å²) >= 11 is 2.79. The van der Waals surface area contributed by atoms with E-state index >= 15 is 0 Å². The molecule has 18 heavy (non-hydrogen) atoms. The monoisotopic (exact) mass is 284 g/mol. The highest BCUT2D eigenvalue weighted by molar-refractivity contribution is 7.99. The van der Waals surface area contributed by atoms with Crippen LogP contribution < -0.4 is 0 Å². The van der Waals surface area contributed by atoms with Gasteiger partial charge in [-0.15, -0.1) is 21.5 Å². The van der Waals surface area contributed by atoms with Crippen LogP contribution in [0.25, 0.3) is 0 Å². The van der Waals surface area contributed by atoms with E-state index in [4.69, 9.17) is 5.11 Å². The van der Waals surface area contributed by atoms with Crippen LogP contribution in [0.3, 0.4) is 0 Å². The Balaban J connectivity index is 2.02. The van der Waals surface area contributed by atoms with Crippen molar-refractivity contribution in [2.45, 2.75) is 25.0 Å². The summed E-state index contributed by atoms with van der Waals surface area (Å²) in [4.78, 5) is 14.8. The number of aromatic nitrogens is 4. The van der Waals surface area contributed by atoms with E-state index in [-0.39, 0.29) is 5.75 Å². The molecule has 0 spiro atoms. The maximum atomic E-state index is 10.5. The molecule has 0 amide bonds. The van der Waals surface area contributed by atoms with Crippen molar-refractivity contribution >= 4 is 29.1 Å². The van der Waals surface area contributed by atoms with E-state index < -0.39 is 5.97 Å².